The molecule has 0 bridgehead atoms. The number of hydrogen-bond acceptors (Lipinski definition) is 8. The molecule has 0 aliphatic carbocycles. The van der Waals surface area contributed by atoms with Crippen molar-refractivity contribution in [3.8, 4) is 22.6 Å². The van der Waals surface area contributed by atoms with E-state index in [1.807, 2.05) is 0 Å². The van der Waals surface area contributed by atoms with Crippen molar-refractivity contribution in [2.45, 2.75) is 13.3 Å². The fraction of sp³-hybridized carbons (Fsp3) is 0.357. The number of hydrogen-bond donors (Lipinski definition) is 1. The maximum atomic E-state index is 13.4. The highest BCUT2D eigenvalue weighted by molar-refractivity contribution is 6.41. The lowest BCUT2D eigenvalue weighted by Crippen LogP contribution is -2.46. The summed E-state index contributed by atoms with van der Waals surface area (Å²) in [5.74, 6) is 1.12. The molecule has 1 aromatic heterocycles. The van der Waals surface area contributed by atoms with Crippen LogP contribution in [0.3, 0.4) is 0 Å². The van der Waals surface area contributed by atoms with Crippen LogP contribution in [0.1, 0.15) is 23.7 Å². The van der Waals surface area contributed by atoms with Crippen molar-refractivity contribution in [2.24, 2.45) is 4.99 Å². The van der Waals surface area contributed by atoms with Crippen LogP contribution in [0.15, 0.2) is 47.4 Å². The first-order valence-corrected chi connectivity index (χ1v) is 13.6. The molecule has 2 aliphatic rings. The smallest absolute Gasteiger partial charge is 0.258 e. The van der Waals surface area contributed by atoms with Gasteiger partial charge in [0.25, 0.3) is 5.91 Å². The number of carbonyl (C=O) groups is 1. The highest BCUT2D eigenvalue weighted by atomic mass is 35.5. The zero-order valence-electron chi connectivity index (χ0n) is 22.1. The Labute approximate surface area is 237 Å². The molecule has 9 nitrogen and oxygen atoms in total. The third-order valence-electron chi connectivity index (χ3n) is 7.08. The fourth-order valence-electron chi connectivity index (χ4n) is 4.91. The molecule has 5 rings (SSSR count). The minimum Gasteiger partial charge on any atom is -0.495 e. The van der Waals surface area contributed by atoms with Crippen LogP contribution < -0.4 is 14.8 Å². The average Bonchev–Trinajstić information content (AvgIpc) is 3.40. The normalized spacial score (nSPS) is 16.2. The molecular weight excluding hydrogens is 539 g/mol. The van der Waals surface area contributed by atoms with Gasteiger partial charge in [-0.2, -0.15) is 0 Å². The van der Waals surface area contributed by atoms with Gasteiger partial charge < -0.3 is 19.7 Å². The van der Waals surface area contributed by atoms with Gasteiger partial charge in [0.1, 0.15) is 22.9 Å². The fourth-order valence-corrected chi connectivity index (χ4v) is 5.62. The van der Waals surface area contributed by atoms with Crippen LogP contribution in [-0.4, -0.2) is 85.0 Å². The summed E-state index contributed by atoms with van der Waals surface area (Å²) < 4.78 is 10.9. The SMILES string of the molecule is CCN1CCN(CC2=CCC(NC(=O)c3ccc(-c4c(Cl)c(OC)cc(OC)c4Cl)c4nccnc34)=N2)CC1. The van der Waals surface area contributed by atoms with Gasteiger partial charge in [-0.1, -0.05) is 42.3 Å². The number of methoxy groups -OCH3 is 2. The molecule has 1 N–H and O–H groups in total. The summed E-state index contributed by atoms with van der Waals surface area (Å²) in [6.07, 6.45) is 5.75. The Bertz CT molecular complexity index is 1440. The Kier molecular flexibility index (Phi) is 8.32. The first-order chi connectivity index (χ1) is 18.9. The van der Waals surface area contributed by atoms with Gasteiger partial charge in [0.15, 0.2) is 0 Å². The predicted octanol–water partition coefficient (Wildman–Crippen LogP) is 4.67. The van der Waals surface area contributed by atoms with Gasteiger partial charge in [-0.25, -0.2) is 4.99 Å². The maximum Gasteiger partial charge on any atom is 0.258 e. The molecule has 204 valence electrons. The number of carbonyl (C=O) groups excluding carboxylic acids is 1. The largest absolute Gasteiger partial charge is 0.495 e. The minimum absolute atomic E-state index is 0.308. The molecule has 0 unspecified atom stereocenters. The second-order valence-electron chi connectivity index (χ2n) is 9.32. The quantitative estimate of drug-likeness (QED) is 0.442. The number of amides is 1. The summed E-state index contributed by atoms with van der Waals surface area (Å²) >= 11 is 13.3. The maximum absolute atomic E-state index is 13.4. The van der Waals surface area contributed by atoms with E-state index in [1.165, 1.54) is 14.2 Å². The van der Waals surface area contributed by atoms with Crippen LogP contribution in [-0.2, 0) is 0 Å². The average molecular weight is 569 g/mol. The summed E-state index contributed by atoms with van der Waals surface area (Å²) in [4.78, 5) is 31.9. The van der Waals surface area contributed by atoms with E-state index in [1.54, 1.807) is 30.6 Å². The Morgan fingerprint density at radius 3 is 2.26 bits per heavy atom. The number of piperazine rings is 1. The van der Waals surface area contributed by atoms with Crippen LogP contribution in [0, 0.1) is 0 Å². The molecule has 1 fully saturated rings. The molecule has 0 saturated carbocycles. The van der Waals surface area contributed by atoms with E-state index in [0.29, 0.717) is 61.5 Å². The molecule has 3 heterocycles. The zero-order valence-corrected chi connectivity index (χ0v) is 23.6. The second-order valence-corrected chi connectivity index (χ2v) is 10.1. The lowest BCUT2D eigenvalue weighted by atomic mass is 9.99. The first-order valence-electron chi connectivity index (χ1n) is 12.8. The van der Waals surface area contributed by atoms with Crippen molar-refractivity contribution < 1.29 is 14.3 Å². The Morgan fingerprint density at radius 2 is 1.62 bits per heavy atom. The third kappa shape index (κ3) is 5.58. The van der Waals surface area contributed by atoms with E-state index >= 15 is 0 Å². The number of nitrogens with one attached hydrogen (secondary N) is 1. The molecule has 1 saturated heterocycles. The number of halogens is 2. The van der Waals surface area contributed by atoms with E-state index in [4.69, 9.17) is 32.7 Å². The number of ether oxygens (including phenoxy) is 2. The highest BCUT2D eigenvalue weighted by Gasteiger charge is 2.24. The lowest BCUT2D eigenvalue weighted by Gasteiger charge is -2.33. The van der Waals surface area contributed by atoms with Crippen LogP contribution in [0.25, 0.3) is 22.2 Å². The zero-order chi connectivity index (χ0) is 27.5. The number of amidine groups is 1. The van der Waals surface area contributed by atoms with Crippen LogP contribution >= 0.6 is 23.2 Å². The van der Waals surface area contributed by atoms with E-state index in [2.05, 4.69) is 43.1 Å². The Morgan fingerprint density at radius 1 is 0.974 bits per heavy atom. The molecule has 1 amide bonds. The molecule has 2 aliphatic heterocycles. The number of rotatable bonds is 7. The number of likely N-dealkylation sites (N-methyl/N-ethyl adjacent to an activating group) is 1. The van der Waals surface area contributed by atoms with Crippen molar-refractivity contribution in [2.75, 3.05) is 53.5 Å². The minimum atomic E-state index is -0.308. The lowest BCUT2D eigenvalue weighted by molar-refractivity contribution is 0.0978. The molecule has 3 aromatic rings. The van der Waals surface area contributed by atoms with Gasteiger partial charge in [0, 0.05) is 68.7 Å². The van der Waals surface area contributed by atoms with E-state index in [-0.39, 0.29) is 5.91 Å². The highest BCUT2D eigenvalue weighted by Crippen LogP contribution is 2.47. The van der Waals surface area contributed by atoms with Gasteiger partial charge in [-0.3, -0.25) is 19.7 Å². The predicted molar refractivity (Wildman–Crippen MR) is 154 cm³/mol. The molecule has 11 heteroatoms. The van der Waals surface area contributed by atoms with Crippen molar-refractivity contribution in [3.05, 3.63) is 58.0 Å². The van der Waals surface area contributed by atoms with Crippen LogP contribution in [0.4, 0.5) is 0 Å². The molecule has 0 spiro atoms. The van der Waals surface area contributed by atoms with Crippen molar-refractivity contribution in [1.29, 1.82) is 0 Å². The number of aromatic nitrogens is 2. The van der Waals surface area contributed by atoms with Gasteiger partial charge >= 0.3 is 0 Å². The standard InChI is InChI=1S/C28H30Cl2N6O3/c1-4-35-11-13-36(14-12-35)16-17-5-8-22(33-17)34-28(37)19-7-6-18(26-27(19)32-10-9-31-26)23-24(29)20(38-2)15-21(39-3)25(23)30/h5-7,9-10,15H,4,8,11-14,16H2,1-3H3,(H,33,34,37). The second kappa shape index (κ2) is 11.9. The topological polar surface area (TPSA) is 92.2 Å². The van der Waals surface area contributed by atoms with E-state index < -0.39 is 0 Å². The summed E-state index contributed by atoms with van der Waals surface area (Å²) in [5.41, 5.74) is 3.33. The van der Waals surface area contributed by atoms with Gasteiger partial charge in [0.05, 0.1) is 41.0 Å². The Balaban J connectivity index is 1.39. The summed E-state index contributed by atoms with van der Waals surface area (Å²) in [6.45, 7) is 8.24. The molecule has 2 aromatic carbocycles. The summed E-state index contributed by atoms with van der Waals surface area (Å²) in [7, 11) is 3.03. The first kappa shape index (κ1) is 27.3. The molecular formula is C28H30Cl2N6O3. The van der Waals surface area contributed by atoms with E-state index in [0.717, 1.165) is 45.0 Å². The van der Waals surface area contributed by atoms with E-state index in [9.17, 15) is 4.79 Å². The number of fused-ring (bicyclic) bond motifs is 1. The van der Waals surface area contributed by atoms with Crippen molar-refractivity contribution >= 4 is 46.0 Å². The van der Waals surface area contributed by atoms with Crippen LogP contribution in [0.5, 0.6) is 11.5 Å². The third-order valence-corrected chi connectivity index (χ3v) is 7.83. The monoisotopic (exact) mass is 568 g/mol. The molecule has 39 heavy (non-hydrogen) atoms. The number of benzene rings is 2. The van der Waals surface area contributed by atoms with Gasteiger partial charge in [-0.15, -0.1) is 0 Å². The molecule has 0 atom stereocenters. The summed E-state index contributed by atoms with van der Waals surface area (Å²) in [6, 6.07) is 5.07. The Hall–Kier alpha value is -3.24. The van der Waals surface area contributed by atoms with Crippen molar-refractivity contribution in [3.63, 3.8) is 0 Å². The number of aliphatic imine (C=N–C) groups is 1. The van der Waals surface area contributed by atoms with Crippen molar-refractivity contribution in [1.82, 2.24) is 25.1 Å². The summed E-state index contributed by atoms with van der Waals surface area (Å²) in [5, 5.41) is 3.58. The molecule has 0 radical (unpaired) electrons. The number of nitrogens with zero attached hydrogens (tertiary/aromatic N) is 5. The van der Waals surface area contributed by atoms with Gasteiger partial charge in [-0.05, 0) is 12.6 Å². The van der Waals surface area contributed by atoms with Gasteiger partial charge in [0.2, 0.25) is 0 Å². The van der Waals surface area contributed by atoms with Crippen LogP contribution in [0.2, 0.25) is 10.0 Å².